The minimum Gasteiger partial charge on any atom is -0.323 e. The molecule has 1 amide bonds. The van der Waals surface area contributed by atoms with Crippen LogP contribution in [0.25, 0.3) is 0 Å². The van der Waals surface area contributed by atoms with Crippen LogP contribution in [0.15, 0.2) is 88.7 Å². The van der Waals surface area contributed by atoms with Crippen LogP contribution in [0.1, 0.15) is 0 Å². The molecule has 0 aliphatic heterocycles. The number of halogens is 1. The molecule has 0 bridgehead atoms. The van der Waals surface area contributed by atoms with Gasteiger partial charge in [-0.25, -0.2) is 8.42 Å². The number of hydrogen-bond acceptors (Lipinski definition) is 4. The largest absolute Gasteiger partial charge is 0.323 e. The fourth-order valence-corrected chi connectivity index (χ4v) is 4.83. The third-order valence-electron chi connectivity index (χ3n) is 4.11. The van der Waals surface area contributed by atoms with Crippen LogP contribution in [0.4, 0.5) is 11.4 Å². The number of carbonyl (C=O) groups is 1. The van der Waals surface area contributed by atoms with Gasteiger partial charge in [0.05, 0.1) is 16.3 Å². The lowest BCUT2D eigenvalue weighted by Crippen LogP contribution is -2.38. The number of thioether (sulfide) groups is 1. The number of carbonyl (C=O) groups excluding carboxylic acids is 1. The first kappa shape index (κ1) is 21.2. The molecule has 0 unspecified atom stereocenters. The molecule has 0 aromatic heterocycles. The molecule has 0 fully saturated rings. The lowest BCUT2D eigenvalue weighted by atomic mass is 10.3. The first-order valence-corrected chi connectivity index (χ1v) is 11.7. The molecular formula is C21H19ClN2O3S2. The highest BCUT2D eigenvalue weighted by molar-refractivity contribution is 7.98. The molecule has 0 aliphatic carbocycles. The smallest absolute Gasteiger partial charge is 0.264 e. The number of hydrogen-bond donors (Lipinski definition) is 1. The maximum absolute atomic E-state index is 13.2. The molecule has 5 nitrogen and oxygen atoms in total. The van der Waals surface area contributed by atoms with Crippen LogP contribution in [-0.2, 0) is 14.8 Å². The van der Waals surface area contributed by atoms with E-state index in [1.165, 1.54) is 23.9 Å². The summed E-state index contributed by atoms with van der Waals surface area (Å²) >= 11 is 7.44. The molecule has 29 heavy (non-hydrogen) atoms. The summed E-state index contributed by atoms with van der Waals surface area (Å²) in [6.07, 6.45) is 1.91. The van der Waals surface area contributed by atoms with Gasteiger partial charge >= 0.3 is 0 Å². The first-order valence-electron chi connectivity index (χ1n) is 8.68. The van der Waals surface area contributed by atoms with Crippen LogP contribution >= 0.6 is 23.4 Å². The molecule has 0 aliphatic rings. The van der Waals surface area contributed by atoms with E-state index in [4.69, 9.17) is 11.6 Å². The van der Waals surface area contributed by atoms with Crippen molar-refractivity contribution in [1.82, 2.24) is 0 Å². The van der Waals surface area contributed by atoms with E-state index in [9.17, 15) is 13.2 Å². The average molecular weight is 447 g/mol. The van der Waals surface area contributed by atoms with Gasteiger partial charge in [-0.05, 0) is 54.8 Å². The molecular weight excluding hydrogens is 428 g/mol. The highest BCUT2D eigenvalue weighted by Gasteiger charge is 2.27. The second-order valence-electron chi connectivity index (χ2n) is 6.05. The van der Waals surface area contributed by atoms with Gasteiger partial charge in [0.15, 0.2) is 0 Å². The van der Waals surface area contributed by atoms with E-state index in [0.29, 0.717) is 16.4 Å². The van der Waals surface area contributed by atoms with Crippen molar-refractivity contribution in [3.8, 4) is 0 Å². The molecule has 0 heterocycles. The standard InChI is InChI=1S/C21H19ClN2O3S2/c1-28-20-10-6-5-9-19(20)23-21(25)15-24(17-13-11-16(22)12-14-17)29(26,27)18-7-3-2-4-8-18/h2-14H,15H2,1H3,(H,23,25). The van der Waals surface area contributed by atoms with E-state index < -0.39 is 15.9 Å². The normalized spacial score (nSPS) is 11.1. The summed E-state index contributed by atoms with van der Waals surface area (Å²) in [7, 11) is -3.95. The third-order valence-corrected chi connectivity index (χ3v) is 6.95. The van der Waals surface area contributed by atoms with Crippen LogP contribution in [0, 0.1) is 0 Å². The van der Waals surface area contributed by atoms with Gasteiger partial charge in [-0.1, -0.05) is 41.9 Å². The van der Waals surface area contributed by atoms with Crippen LogP contribution in [-0.4, -0.2) is 27.1 Å². The van der Waals surface area contributed by atoms with Crippen molar-refractivity contribution in [1.29, 1.82) is 0 Å². The Morgan fingerprint density at radius 1 is 0.966 bits per heavy atom. The molecule has 3 aromatic carbocycles. The van der Waals surface area contributed by atoms with Crippen molar-refractivity contribution in [2.45, 2.75) is 9.79 Å². The summed E-state index contributed by atoms with van der Waals surface area (Å²) in [6, 6.07) is 21.7. The fourth-order valence-electron chi connectivity index (χ4n) is 2.71. The number of para-hydroxylation sites is 1. The zero-order valence-electron chi connectivity index (χ0n) is 15.6. The zero-order chi connectivity index (χ0) is 20.9. The number of nitrogens with zero attached hydrogens (tertiary/aromatic N) is 1. The summed E-state index contributed by atoms with van der Waals surface area (Å²) in [5.41, 5.74) is 0.990. The van der Waals surface area contributed by atoms with Crippen molar-refractivity contribution in [3.05, 3.63) is 83.9 Å². The topological polar surface area (TPSA) is 66.5 Å². The lowest BCUT2D eigenvalue weighted by molar-refractivity contribution is -0.114. The first-order chi connectivity index (χ1) is 13.9. The van der Waals surface area contributed by atoms with Crippen molar-refractivity contribution in [2.75, 3.05) is 22.4 Å². The van der Waals surface area contributed by atoms with Gasteiger partial charge in [-0.15, -0.1) is 11.8 Å². The summed E-state index contributed by atoms with van der Waals surface area (Å²) in [6.45, 7) is -0.373. The number of rotatable bonds is 7. The summed E-state index contributed by atoms with van der Waals surface area (Å²) < 4.78 is 27.6. The Hall–Kier alpha value is -2.48. The molecule has 3 aromatic rings. The predicted molar refractivity (Wildman–Crippen MR) is 119 cm³/mol. The van der Waals surface area contributed by atoms with E-state index in [-0.39, 0.29) is 11.4 Å². The van der Waals surface area contributed by atoms with Gasteiger partial charge in [-0.3, -0.25) is 9.10 Å². The molecule has 0 radical (unpaired) electrons. The maximum Gasteiger partial charge on any atom is 0.264 e. The summed E-state index contributed by atoms with van der Waals surface area (Å²) in [5, 5.41) is 3.28. The van der Waals surface area contributed by atoms with Gasteiger partial charge in [0.2, 0.25) is 5.91 Å². The second kappa shape index (κ2) is 9.35. The Morgan fingerprint density at radius 3 is 2.24 bits per heavy atom. The monoisotopic (exact) mass is 446 g/mol. The Bertz CT molecular complexity index is 1090. The molecule has 8 heteroatoms. The zero-order valence-corrected chi connectivity index (χ0v) is 18.0. The minimum atomic E-state index is -3.95. The second-order valence-corrected chi connectivity index (χ2v) is 9.20. The SMILES string of the molecule is CSc1ccccc1NC(=O)CN(c1ccc(Cl)cc1)S(=O)(=O)c1ccccc1. The van der Waals surface area contributed by atoms with Crippen molar-refractivity contribution in [3.63, 3.8) is 0 Å². The number of amides is 1. The highest BCUT2D eigenvalue weighted by Crippen LogP contribution is 2.27. The van der Waals surface area contributed by atoms with Crippen molar-refractivity contribution in [2.24, 2.45) is 0 Å². The predicted octanol–water partition coefficient (Wildman–Crippen LogP) is 4.90. The van der Waals surface area contributed by atoms with Crippen LogP contribution in [0.5, 0.6) is 0 Å². The molecule has 1 N–H and O–H groups in total. The van der Waals surface area contributed by atoms with E-state index >= 15 is 0 Å². The summed E-state index contributed by atoms with van der Waals surface area (Å²) in [5.74, 6) is -0.444. The molecule has 0 saturated heterocycles. The van der Waals surface area contributed by atoms with E-state index in [1.807, 2.05) is 24.5 Å². The van der Waals surface area contributed by atoms with Gasteiger partial charge in [0, 0.05) is 9.92 Å². The maximum atomic E-state index is 13.2. The lowest BCUT2D eigenvalue weighted by Gasteiger charge is -2.24. The van der Waals surface area contributed by atoms with E-state index in [1.54, 1.807) is 48.5 Å². The van der Waals surface area contributed by atoms with E-state index in [0.717, 1.165) is 9.20 Å². The van der Waals surface area contributed by atoms with Crippen LogP contribution < -0.4 is 9.62 Å². The van der Waals surface area contributed by atoms with Crippen LogP contribution in [0.3, 0.4) is 0 Å². The third kappa shape index (κ3) is 5.12. The van der Waals surface area contributed by atoms with E-state index in [2.05, 4.69) is 5.32 Å². The van der Waals surface area contributed by atoms with Crippen LogP contribution in [0.2, 0.25) is 5.02 Å². The highest BCUT2D eigenvalue weighted by atomic mass is 35.5. The molecule has 0 saturated carbocycles. The number of nitrogens with one attached hydrogen (secondary N) is 1. The molecule has 150 valence electrons. The fraction of sp³-hybridized carbons (Fsp3) is 0.0952. The Kier molecular flexibility index (Phi) is 6.84. The average Bonchev–Trinajstić information content (AvgIpc) is 2.74. The Balaban J connectivity index is 1.93. The van der Waals surface area contributed by atoms with Gasteiger partial charge < -0.3 is 5.32 Å². The number of sulfonamides is 1. The van der Waals surface area contributed by atoms with Gasteiger partial charge in [0.25, 0.3) is 10.0 Å². The Labute approximate surface area is 179 Å². The van der Waals surface area contributed by atoms with Crippen molar-refractivity contribution >= 4 is 50.7 Å². The molecule has 0 spiro atoms. The van der Waals surface area contributed by atoms with Gasteiger partial charge in [-0.2, -0.15) is 0 Å². The van der Waals surface area contributed by atoms with Gasteiger partial charge in [0.1, 0.15) is 6.54 Å². The minimum absolute atomic E-state index is 0.104. The quantitative estimate of drug-likeness (QED) is 0.524. The van der Waals surface area contributed by atoms with Crippen molar-refractivity contribution < 1.29 is 13.2 Å². The number of benzene rings is 3. The Morgan fingerprint density at radius 2 is 1.59 bits per heavy atom. The molecule has 0 atom stereocenters. The number of anilines is 2. The molecule has 3 rings (SSSR count). The summed E-state index contributed by atoms with van der Waals surface area (Å²) in [4.78, 5) is 13.8.